The third-order valence-corrected chi connectivity index (χ3v) is 7.65. The average molecular weight is 332 g/mol. The highest BCUT2D eigenvalue weighted by Crippen LogP contribution is 2.61. The van der Waals surface area contributed by atoms with E-state index in [1.807, 2.05) is 0 Å². The van der Waals surface area contributed by atoms with Crippen LogP contribution in [0.2, 0.25) is 0 Å². The predicted octanol–water partition coefficient (Wildman–Crippen LogP) is 2.83. The number of fused-ring (bicyclic) bond motifs is 1. The third kappa shape index (κ3) is 1.87. The summed E-state index contributed by atoms with van der Waals surface area (Å²) in [5, 5.41) is 11.0. The zero-order chi connectivity index (χ0) is 17.5. The Bertz CT molecular complexity index is 636. The topological polar surface area (TPSA) is 66.9 Å². The second kappa shape index (κ2) is 4.79. The Morgan fingerprint density at radius 1 is 1.21 bits per heavy atom. The third-order valence-electron chi connectivity index (χ3n) is 7.65. The molecule has 1 saturated heterocycles. The Morgan fingerprint density at radius 2 is 1.92 bits per heavy atom. The van der Waals surface area contributed by atoms with Gasteiger partial charge in [-0.25, -0.2) is 0 Å². The van der Waals surface area contributed by atoms with E-state index in [2.05, 4.69) is 27.4 Å². The summed E-state index contributed by atoms with van der Waals surface area (Å²) in [6, 6.07) is 0. The molecule has 1 N–H and O–H groups in total. The molecule has 3 saturated carbocycles. The van der Waals surface area contributed by atoms with E-state index < -0.39 is 17.1 Å². The highest BCUT2D eigenvalue weighted by Gasteiger charge is 2.75. The van der Waals surface area contributed by atoms with Gasteiger partial charge in [-0.2, -0.15) is 0 Å². The van der Waals surface area contributed by atoms with Crippen LogP contribution in [0.4, 0.5) is 0 Å². The lowest BCUT2D eigenvalue weighted by Crippen LogP contribution is -2.50. The number of hydrogen-bond donors (Lipinski definition) is 1. The van der Waals surface area contributed by atoms with Gasteiger partial charge in [-0.1, -0.05) is 33.8 Å². The Kier molecular flexibility index (Phi) is 3.29. The van der Waals surface area contributed by atoms with Crippen molar-refractivity contribution < 1.29 is 19.4 Å². The molecule has 4 rings (SSSR count). The summed E-state index contributed by atoms with van der Waals surface area (Å²) in [5.74, 6) is 0.119. The van der Waals surface area contributed by atoms with Gasteiger partial charge >= 0.3 is 0 Å². The van der Waals surface area contributed by atoms with Crippen molar-refractivity contribution in [1.82, 2.24) is 0 Å². The van der Waals surface area contributed by atoms with Gasteiger partial charge in [0.2, 0.25) is 0 Å². The number of epoxide rings is 1. The lowest BCUT2D eigenvalue weighted by molar-refractivity contribution is -0.141. The Hall–Kier alpha value is -1.00. The van der Waals surface area contributed by atoms with Gasteiger partial charge in [-0.05, 0) is 42.6 Å². The summed E-state index contributed by atoms with van der Waals surface area (Å²) < 4.78 is 5.77. The zero-order valence-electron chi connectivity index (χ0n) is 14.9. The van der Waals surface area contributed by atoms with E-state index in [1.165, 1.54) is 0 Å². The molecule has 0 aromatic heterocycles. The first-order valence-corrected chi connectivity index (χ1v) is 9.27. The van der Waals surface area contributed by atoms with Crippen LogP contribution in [-0.2, 0) is 14.3 Å². The molecule has 0 aromatic carbocycles. The van der Waals surface area contributed by atoms with Crippen LogP contribution in [0.5, 0.6) is 0 Å². The summed E-state index contributed by atoms with van der Waals surface area (Å²) in [4.78, 5) is 25.8. The van der Waals surface area contributed by atoms with Crippen LogP contribution >= 0.6 is 0 Å². The average Bonchev–Trinajstić information content (AvgIpc) is 3.21. The predicted molar refractivity (Wildman–Crippen MR) is 89.3 cm³/mol. The van der Waals surface area contributed by atoms with Gasteiger partial charge in [0.1, 0.15) is 11.9 Å². The maximum Gasteiger partial charge on any atom is 0.195 e. The fourth-order valence-electron chi connectivity index (χ4n) is 6.09. The molecule has 1 heterocycles. The fraction of sp³-hybridized carbons (Fsp3) is 0.800. The number of Topliss-reactive ketones (excluding diaryl/α,β-unsaturated/α-hetero) is 2. The van der Waals surface area contributed by atoms with Gasteiger partial charge in [0.15, 0.2) is 11.4 Å². The van der Waals surface area contributed by atoms with Crippen LogP contribution in [0, 0.1) is 22.7 Å². The van der Waals surface area contributed by atoms with Crippen molar-refractivity contribution in [2.75, 3.05) is 0 Å². The standard InChI is InChI=1S/C20H28O4/c1-11-12-6-7-14(21)19(4)9-5-8-18(2,3)13(19)10-15(22)20(16(11)23)17(12)24-20/h12-13,15,17,22H,1,5-10H2,2-4H3/t12-,13-,15-,17+,19+,20+/m1/s1. The normalized spacial score (nSPS) is 50.2. The Labute approximate surface area is 143 Å². The minimum Gasteiger partial charge on any atom is -0.389 e. The first kappa shape index (κ1) is 16.5. The van der Waals surface area contributed by atoms with E-state index >= 15 is 0 Å². The van der Waals surface area contributed by atoms with E-state index in [0.29, 0.717) is 24.8 Å². The molecule has 4 aliphatic rings. The van der Waals surface area contributed by atoms with Crippen molar-refractivity contribution in [1.29, 1.82) is 0 Å². The molecule has 0 unspecified atom stereocenters. The van der Waals surface area contributed by atoms with Crippen molar-refractivity contribution in [2.24, 2.45) is 22.7 Å². The van der Waals surface area contributed by atoms with Crippen molar-refractivity contribution in [3.05, 3.63) is 12.2 Å². The molecular weight excluding hydrogens is 304 g/mol. The number of ether oxygens (including phenoxy) is 1. The van der Waals surface area contributed by atoms with Crippen LogP contribution in [0.1, 0.15) is 59.3 Å². The number of hydrogen-bond acceptors (Lipinski definition) is 4. The first-order chi connectivity index (χ1) is 11.1. The Morgan fingerprint density at radius 3 is 2.62 bits per heavy atom. The molecule has 4 heteroatoms. The van der Waals surface area contributed by atoms with Crippen molar-refractivity contribution >= 4 is 11.6 Å². The molecule has 4 nitrogen and oxygen atoms in total. The van der Waals surface area contributed by atoms with Gasteiger partial charge in [-0.15, -0.1) is 0 Å². The molecule has 0 spiro atoms. The van der Waals surface area contributed by atoms with Crippen molar-refractivity contribution in [3.63, 3.8) is 0 Å². The van der Waals surface area contributed by atoms with Crippen LogP contribution in [0.3, 0.4) is 0 Å². The van der Waals surface area contributed by atoms with Crippen LogP contribution in [0.25, 0.3) is 0 Å². The number of carbonyl (C=O) groups excluding carboxylic acids is 2. The monoisotopic (exact) mass is 332 g/mol. The number of ketones is 2. The second-order valence-electron chi connectivity index (χ2n) is 9.32. The minimum absolute atomic E-state index is 0.0259. The number of rotatable bonds is 0. The molecule has 6 atom stereocenters. The van der Waals surface area contributed by atoms with Gasteiger partial charge in [0.05, 0.1) is 6.10 Å². The molecular formula is C20H28O4. The van der Waals surface area contributed by atoms with Gasteiger partial charge in [0, 0.05) is 17.8 Å². The van der Waals surface area contributed by atoms with Crippen LogP contribution in [0.15, 0.2) is 12.2 Å². The largest absolute Gasteiger partial charge is 0.389 e. The van der Waals surface area contributed by atoms with E-state index in [-0.39, 0.29) is 34.9 Å². The molecule has 24 heavy (non-hydrogen) atoms. The molecule has 3 aliphatic carbocycles. The molecule has 0 aromatic rings. The van der Waals surface area contributed by atoms with Gasteiger partial charge in [-0.3, -0.25) is 9.59 Å². The lowest BCUT2D eigenvalue weighted by Gasteiger charge is -2.51. The van der Waals surface area contributed by atoms with E-state index in [9.17, 15) is 14.7 Å². The molecule has 132 valence electrons. The van der Waals surface area contributed by atoms with E-state index in [4.69, 9.17) is 4.74 Å². The molecule has 1 aliphatic heterocycles. The summed E-state index contributed by atoms with van der Waals surface area (Å²) in [5.41, 5.74) is -0.948. The summed E-state index contributed by atoms with van der Waals surface area (Å²) >= 11 is 0. The minimum atomic E-state index is -1.06. The molecule has 2 bridgehead atoms. The molecule has 0 amide bonds. The first-order valence-electron chi connectivity index (χ1n) is 9.27. The van der Waals surface area contributed by atoms with Crippen molar-refractivity contribution in [3.8, 4) is 0 Å². The smallest absolute Gasteiger partial charge is 0.195 e. The lowest BCUT2D eigenvalue weighted by atomic mass is 9.52. The molecule has 4 fully saturated rings. The van der Waals surface area contributed by atoms with Crippen LogP contribution in [-0.4, -0.2) is 34.5 Å². The maximum absolute atomic E-state index is 13.1. The van der Waals surface area contributed by atoms with Crippen LogP contribution < -0.4 is 0 Å². The highest BCUT2D eigenvalue weighted by molar-refractivity contribution is 6.08. The highest BCUT2D eigenvalue weighted by atomic mass is 16.6. The maximum atomic E-state index is 13.1. The number of carbonyl (C=O) groups is 2. The summed E-state index contributed by atoms with van der Waals surface area (Å²) in [7, 11) is 0. The summed E-state index contributed by atoms with van der Waals surface area (Å²) in [6.07, 6.45) is 3.41. The van der Waals surface area contributed by atoms with E-state index in [0.717, 1.165) is 19.3 Å². The number of aliphatic hydroxyl groups excluding tert-OH is 1. The van der Waals surface area contributed by atoms with E-state index in [1.54, 1.807) is 0 Å². The summed E-state index contributed by atoms with van der Waals surface area (Å²) in [6.45, 7) is 10.4. The number of aliphatic hydroxyl groups is 1. The fourth-order valence-corrected chi connectivity index (χ4v) is 6.09. The quantitative estimate of drug-likeness (QED) is 0.547. The zero-order valence-corrected chi connectivity index (χ0v) is 14.9. The van der Waals surface area contributed by atoms with Crippen molar-refractivity contribution in [2.45, 2.75) is 77.1 Å². The second-order valence-corrected chi connectivity index (χ2v) is 9.32. The molecule has 0 radical (unpaired) electrons. The van der Waals surface area contributed by atoms with Gasteiger partial charge < -0.3 is 9.84 Å². The van der Waals surface area contributed by atoms with Gasteiger partial charge in [0.25, 0.3) is 0 Å². The Balaban J connectivity index is 1.77. The SMILES string of the molecule is C=C1C(=O)[C@]23O[C@H]2[C@@H]1CCC(=O)[C@@]1(C)CCCC(C)(C)[C@H]1C[C@H]3O.